The number of benzene rings is 4. The Balaban J connectivity index is 0.00000353. The first-order valence-corrected chi connectivity index (χ1v) is 15.9. The first kappa shape index (κ1) is 39.4. The summed E-state index contributed by atoms with van der Waals surface area (Å²) in [6.45, 7) is 5.79. The van der Waals surface area contributed by atoms with Crippen LogP contribution in [0.5, 0.6) is 0 Å². The quantitative estimate of drug-likeness (QED) is 0.0869. The van der Waals surface area contributed by atoms with Gasteiger partial charge in [0.25, 0.3) is 0 Å². The second-order valence-corrected chi connectivity index (χ2v) is 13.0. The van der Waals surface area contributed by atoms with E-state index in [-0.39, 0.29) is 60.2 Å². The van der Waals surface area contributed by atoms with Crippen LogP contribution in [-0.4, -0.2) is 76.5 Å². The third-order valence-electron chi connectivity index (χ3n) is 8.40. The molecule has 244 valence electrons. The first-order chi connectivity index (χ1) is 20.8. The lowest BCUT2D eigenvalue weighted by atomic mass is 10.0. The molecule has 45 heavy (non-hydrogen) atoms. The van der Waals surface area contributed by atoms with E-state index >= 15 is 0 Å². The fourth-order valence-corrected chi connectivity index (χ4v) is 5.60. The van der Waals surface area contributed by atoms with E-state index in [1.807, 2.05) is 0 Å². The summed E-state index contributed by atoms with van der Waals surface area (Å²) in [5.74, 6) is 0. The van der Waals surface area contributed by atoms with E-state index in [1.54, 1.807) is 0 Å². The molecule has 0 radical (unpaired) electrons. The molecule has 4 aromatic rings. The topological polar surface area (TPSA) is 18.5 Å². The Kier molecular flexibility index (Phi) is 17.9. The minimum Gasteiger partial charge on any atom is -1.00 e. The number of halogens is 2. The van der Waals surface area contributed by atoms with Gasteiger partial charge in [0, 0.05) is 0 Å². The lowest BCUT2D eigenvalue weighted by molar-refractivity contribution is -0.893. The molecular formula is C39H52I2N2O2. The average molecular weight is 835 g/mol. The van der Waals surface area contributed by atoms with Crippen molar-refractivity contribution >= 4 is 0 Å². The van der Waals surface area contributed by atoms with Gasteiger partial charge in [-0.05, 0) is 41.5 Å². The average Bonchev–Trinajstić information content (AvgIpc) is 3.03. The van der Waals surface area contributed by atoms with E-state index in [4.69, 9.17) is 9.47 Å². The fraction of sp³-hybridized carbons (Fsp3) is 0.385. The van der Waals surface area contributed by atoms with Gasteiger partial charge in [-0.1, -0.05) is 121 Å². The molecule has 4 rings (SSSR count). The van der Waals surface area contributed by atoms with Crippen LogP contribution < -0.4 is 48.0 Å². The summed E-state index contributed by atoms with van der Waals surface area (Å²) in [7, 11) is 9.32. The number of likely N-dealkylation sites (N-methyl/N-ethyl adjacent to an activating group) is 2. The van der Waals surface area contributed by atoms with Crippen LogP contribution in [-0.2, 0) is 9.47 Å². The molecule has 4 aromatic carbocycles. The summed E-state index contributed by atoms with van der Waals surface area (Å²) >= 11 is 0. The zero-order valence-corrected chi connectivity index (χ0v) is 31.8. The Morgan fingerprint density at radius 2 is 0.667 bits per heavy atom. The summed E-state index contributed by atoms with van der Waals surface area (Å²) in [6.07, 6.45) is 3.66. The van der Waals surface area contributed by atoms with E-state index in [9.17, 15) is 0 Å². The van der Waals surface area contributed by atoms with Gasteiger partial charge in [-0.25, -0.2) is 0 Å². The first-order valence-electron chi connectivity index (χ1n) is 15.9. The summed E-state index contributed by atoms with van der Waals surface area (Å²) in [5, 5.41) is 0. The predicted octanol–water partition coefficient (Wildman–Crippen LogP) is 1.93. The van der Waals surface area contributed by atoms with Crippen LogP contribution in [0.25, 0.3) is 0 Å². The highest BCUT2D eigenvalue weighted by molar-refractivity contribution is 5.31. The number of quaternary nitrogens is 2. The zero-order chi connectivity index (χ0) is 30.4. The molecule has 0 bridgehead atoms. The van der Waals surface area contributed by atoms with Crippen LogP contribution in [0, 0.1) is 0 Å². The number of rotatable bonds is 18. The molecule has 6 heteroatoms. The molecule has 0 aromatic heterocycles. The second-order valence-electron chi connectivity index (χ2n) is 13.0. The lowest BCUT2D eigenvalue weighted by Crippen LogP contribution is -3.00. The molecule has 0 N–H and O–H groups in total. The summed E-state index contributed by atoms with van der Waals surface area (Å²) in [6, 6.07) is 42.3. The molecule has 0 fully saturated rings. The summed E-state index contributed by atoms with van der Waals surface area (Å²) in [5.41, 5.74) is 4.84. The molecule has 0 spiro atoms. The number of ether oxygens (including phenoxy) is 2. The molecule has 0 amide bonds. The monoisotopic (exact) mass is 834 g/mol. The SMILES string of the molecule is C[N+](C)(CCCCC[N+](C)(C)CCOC(c1ccccc1)c1ccccc1)CCOC(c1ccccc1)c1ccccc1.[I-].[I-]. The van der Waals surface area contributed by atoms with Crippen LogP contribution in [0.2, 0.25) is 0 Å². The van der Waals surface area contributed by atoms with E-state index in [0.717, 1.165) is 48.4 Å². The highest BCUT2D eigenvalue weighted by Crippen LogP contribution is 2.27. The van der Waals surface area contributed by atoms with Gasteiger partial charge in [-0.15, -0.1) is 0 Å². The maximum atomic E-state index is 6.50. The van der Waals surface area contributed by atoms with Gasteiger partial charge in [0.05, 0.1) is 54.5 Å². The van der Waals surface area contributed by atoms with Crippen molar-refractivity contribution in [3.05, 3.63) is 144 Å². The van der Waals surface area contributed by atoms with Crippen molar-refractivity contribution in [3.63, 3.8) is 0 Å². The third kappa shape index (κ3) is 13.8. The highest BCUT2D eigenvalue weighted by Gasteiger charge is 2.21. The smallest absolute Gasteiger partial charge is 0.108 e. The van der Waals surface area contributed by atoms with Crippen molar-refractivity contribution in [2.24, 2.45) is 0 Å². The molecule has 4 nitrogen and oxygen atoms in total. The van der Waals surface area contributed by atoms with Crippen molar-refractivity contribution in [1.82, 2.24) is 0 Å². The van der Waals surface area contributed by atoms with Gasteiger partial charge < -0.3 is 66.4 Å². The Morgan fingerprint density at radius 3 is 0.933 bits per heavy atom. The predicted molar refractivity (Wildman–Crippen MR) is 179 cm³/mol. The van der Waals surface area contributed by atoms with Crippen molar-refractivity contribution in [3.8, 4) is 0 Å². The lowest BCUT2D eigenvalue weighted by Gasteiger charge is -2.32. The van der Waals surface area contributed by atoms with Gasteiger partial charge in [0.15, 0.2) is 0 Å². The van der Waals surface area contributed by atoms with E-state index in [1.165, 1.54) is 41.5 Å². The molecule has 0 saturated carbocycles. The largest absolute Gasteiger partial charge is 1.00 e. The fourth-order valence-electron chi connectivity index (χ4n) is 5.60. The Morgan fingerprint density at radius 1 is 0.400 bits per heavy atom. The van der Waals surface area contributed by atoms with Gasteiger partial charge in [-0.2, -0.15) is 0 Å². The van der Waals surface area contributed by atoms with Crippen LogP contribution in [0.1, 0.15) is 53.7 Å². The number of hydrogen-bond donors (Lipinski definition) is 0. The highest BCUT2D eigenvalue weighted by atomic mass is 127. The maximum absolute atomic E-state index is 6.50. The molecule has 0 aliphatic rings. The number of nitrogens with zero attached hydrogens (tertiary/aromatic N) is 2. The molecule has 0 unspecified atom stereocenters. The molecule has 0 heterocycles. The minimum absolute atomic E-state index is 0. The van der Waals surface area contributed by atoms with Crippen molar-refractivity contribution in [2.45, 2.75) is 31.5 Å². The van der Waals surface area contributed by atoms with Gasteiger partial charge in [-0.3, -0.25) is 0 Å². The molecule has 0 saturated heterocycles. The summed E-state index contributed by atoms with van der Waals surface area (Å²) in [4.78, 5) is 0. The zero-order valence-electron chi connectivity index (χ0n) is 27.5. The molecule has 0 aliphatic carbocycles. The molecular weight excluding hydrogens is 782 g/mol. The van der Waals surface area contributed by atoms with Crippen LogP contribution in [0.3, 0.4) is 0 Å². The number of hydrogen-bond acceptors (Lipinski definition) is 2. The summed E-state index contributed by atoms with van der Waals surface area (Å²) < 4.78 is 15.0. The van der Waals surface area contributed by atoms with Gasteiger partial charge in [0.2, 0.25) is 0 Å². The van der Waals surface area contributed by atoms with Crippen molar-refractivity contribution < 1.29 is 66.4 Å². The Labute approximate surface area is 307 Å². The molecule has 0 atom stereocenters. The Hall–Kier alpha value is -1.82. The normalized spacial score (nSPS) is 11.7. The van der Waals surface area contributed by atoms with Crippen molar-refractivity contribution in [2.75, 3.05) is 67.6 Å². The van der Waals surface area contributed by atoms with Crippen LogP contribution >= 0.6 is 0 Å². The minimum atomic E-state index is -0.0259. The van der Waals surface area contributed by atoms with Gasteiger partial charge in [0.1, 0.15) is 25.3 Å². The third-order valence-corrected chi connectivity index (χ3v) is 8.40. The van der Waals surface area contributed by atoms with E-state index in [2.05, 4.69) is 150 Å². The van der Waals surface area contributed by atoms with E-state index < -0.39 is 0 Å². The van der Waals surface area contributed by atoms with E-state index in [0.29, 0.717) is 0 Å². The van der Waals surface area contributed by atoms with Crippen LogP contribution in [0.15, 0.2) is 121 Å². The van der Waals surface area contributed by atoms with Crippen LogP contribution in [0.4, 0.5) is 0 Å². The van der Waals surface area contributed by atoms with Gasteiger partial charge >= 0.3 is 0 Å². The second kappa shape index (κ2) is 20.4. The number of unbranched alkanes of at least 4 members (excludes halogenated alkanes) is 2. The van der Waals surface area contributed by atoms with Crippen molar-refractivity contribution in [1.29, 1.82) is 0 Å². The Bertz CT molecular complexity index is 1120. The standard InChI is InChI=1S/C39H52N2O2.2HI/c1-40(2,30-32-42-38(34-20-10-5-11-21-34)35-22-12-6-13-23-35)28-18-9-19-29-41(3,4)31-33-43-39(36-24-14-7-15-25-36)37-26-16-8-17-27-37;;/h5-8,10-17,20-27,38-39H,9,18-19,28-33H2,1-4H3;2*1H/q+2;;/p-2. The maximum Gasteiger partial charge on any atom is 0.108 e. The molecule has 0 aliphatic heterocycles.